The van der Waals surface area contributed by atoms with Crippen LogP contribution in [0.3, 0.4) is 0 Å². The van der Waals surface area contributed by atoms with E-state index in [2.05, 4.69) is 10.3 Å². The number of hydrogen-bond acceptors (Lipinski definition) is 6. The smallest absolute Gasteiger partial charge is 0.333 e. The van der Waals surface area contributed by atoms with E-state index in [0.29, 0.717) is 41.0 Å². The zero-order valence-electron chi connectivity index (χ0n) is 22.9. The number of amides is 1. The third kappa shape index (κ3) is 5.77. The van der Waals surface area contributed by atoms with Crippen molar-refractivity contribution in [3.8, 4) is 0 Å². The monoisotopic (exact) mass is 606 g/mol. The number of fused-ring (bicyclic) bond motifs is 1. The van der Waals surface area contributed by atoms with Gasteiger partial charge in [0.25, 0.3) is 11.5 Å². The fourth-order valence-corrected chi connectivity index (χ4v) is 8.17. The van der Waals surface area contributed by atoms with Crippen LogP contribution in [-0.4, -0.2) is 42.1 Å². The molecule has 1 amide bonds. The number of benzene rings is 2. The predicted octanol–water partition coefficient (Wildman–Crippen LogP) is 4.85. The lowest BCUT2D eigenvalue weighted by molar-refractivity contribution is 0.0921. The zero-order chi connectivity index (χ0) is 29.2. The molecule has 4 aromatic rings. The topological polar surface area (TPSA) is 109 Å². The lowest BCUT2D eigenvalue weighted by Crippen LogP contribution is -2.46. The Kier molecular flexibility index (Phi) is 8.50. The van der Waals surface area contributed by atoms with Gasteiger partial charge < -0.3 is 9.87 Å². The summed E-state index contributed by atoms with van der Waals surface area (Å²) in [4.78, 5) is 45.8. The van der Waals surface area contributed by atoms with E-state index in [0.717, 1.165) is 30.5 Å². The van der Waals surface area contributed by atoms with Crippen molar-refractivity contribution in [2.75, 3.05) is 11.5 Å². The summed E-state index contributed by atoms with van der Waals surface area (Å²) in [5, 5.41) is 3.19. The van der Waals surface area contributed by atoms with Crippen LogP contribution in [0.5, 0.6) is 0 Å². The number of rotatable bonds is 6. The average Bonchev–Trinajstić information content (AvgIpc) is 3.03. The van der Waals surface area contributed by atoms with E-state index in [1.54, 1.807) is 41.0 Å². The highest BCUT2D eigenvalue weighted by molar-refractivity contribution is 7.99. The second kappa shape index (κ2) is 12.4. The Morgan fingerprint density at radius 2 is 1.60 bits per heavy atom. The van der Waals surface area contributed by atoms with E-state index in [-0.39, 0.29) is 40.8 Å². The summed E-state index contributed by atoms with van der Waals surface area (Å²) < 4.78 is 30.0. The molecule has 0 radical (unpaired) electrons. The quantitative estimate of drug-likeness (QED) is 0.315. The van der Waals surface area contributed by atoms with Crippen molar-refractivity contribution in [2.24, 2.45) is 0 Å². The van der Waals surface area contributed by atoms with Crippen molar-refractivity contribution < 1.29 is 13.7 Å². The van der Waals surface area contributed by atoms with Crippen LogP contribution in [0.1, 0.15) is 61.0 Å². The molecule has 1 unspecified atom stereocenters. The summed E-state index contributed by atoms with van der Waals surface area (Å²) in [5.74, 6) is 0.954. The van der Waals surface area contributed by atoms with E-state index < -0.39 is 22.6 Å². The molecule has 1 N–H and O–H groups in total. The molecule has 2 aromatic carbocycles. The van der Waals surface area contributed by atoms with Crippen molar-refractivity contribution in [1.29, 1.82) is 0 Å². The number of carbonyl (C=O) groups is 1. The number of nitrogens with one attached hydrogen (secondary N) is 1. The fraction of sp³-hybridized carbons (Fsp3) is 0.355. The first-order valence-corrected chi connectivity index (χ1v) is 16.5. The van der Waals surface area contributed by atoms with Crippen molar-refractivity contribution >= 4 is 39.9 Å². The van der Waals surface area contributed by atoms with E-state index in [1.165, 1.54) is 10.6 Å². The third-order valence-corrected chi connectivity index (χ3v) is 10.6. The van der Waals surface area contributed by atoms with Crippen molar-refractivity contribution in [3.05, 3.63) is 99.1 Å². The van der Waals surface area contributed by atoms with Crippen LogP contribution < -0.4 is 16.6 Å². The SMILES string of the molecule is O=C(NC1CCC(n2c(=O)c3cc(F)cnc3n(C3CCSCC3)c2=O)CC1)c1cccc([S+]([O-])c2ccccc2)c1. The Bertz CT molecular complexity index is 1710. The van der Waals surface area contributed by atoms with Gasteiger partial charge in [0.15, 0.2) is 9.79 Å². The number of carbonyl (C=O) groups excluding carboxylic acids is 1. The van der Waals surface area contributed by atoms with Gasteiger partial charge in [0.1, 0.15) is 11.5 Å². The number of halogens is 1. The molecule has 6 rings (SSSR count). The Morgan fingerprint density at radius 3 is 2.33 bits per heavy atom. The van der Waals surface area contributed by atoms with Gasteiger partial charge in [-0.15, -0.1) is 0 Å². The second-order valence-electron chi connectivity index (χ2n) is 10.8. The molecule has 2 aliphatic rings. The van der Waals surface area contributed by atoms with Crippen LogP contribution >= 0.6 is 11.8 Å². The minimum atomic E-state index is -1.40. The van der Waals surface area contributed by atoms with Crippen molar-refractivity contribution in [1.82, 2.24) is 19.4 Å². The molecular formula is C31H31FN4O4S2. The van der Waals surface area contributed by atoms with Gasteiger partial charge in [-0.2, -0.15) is 11.8 Å². The van der Waals surface area contributed by atoms with Gasteiger partial charge in [-0.3, -0.25) is 18.7 Å². The maximum absolute atomic E-state index is 14.2. The van der Waals surface area contributed by atoms with Crippen LogP contribution in [0.4, 0.5) is 4.39 Å². The highest BCUT2D eigenvalue weighted by Crippen LogP contribution is 2.30. The highest BCUT2D eigenvalue weighted by atomic mass is 32.2. The van der Waals surface area contributed by atoms with Gasteiger partial charge in [0, 0.05) is 40.9 Å². The van der Waals surface area contributed by atoms with E-state index >= 15 is 0 Å². The van der Waals surface area contributed by atoms with Gasteiger partial charge in [-0.05, 0) is 80.4 Å². The Labute approximate surface area is 249 Å². The lowest BCUT2D eigenvalue weighted by Gasteiger charge is -2.31. The van der Waals surface area contributed by atoms with Crippen molar-refractivity contribution in [3.63, 3.8) is 0 Å². The molecule has 2 aromatic heterocycles. The maximum Gasteiger partial charge on any atom is 0.333 e. The summed E-state index contributed by atoms with van der Waals surface area (Å²) >= 11 is 0.433. The second-order valence-corrected chi connectivity index (χ2v) is 13.5. The lowest BCUT2D eigenvalue weighted by atomic mass is 9.90. The predicted molar refractivity (Wildman–Crippen MR) is 162 cm³/mol. The van der Waals surface area contributed by atoms with Crippen LogP contribution in [0.25, 0.3) is 11.0 Å². The standard InChI is InChI=1S/C31H31FN4O4S2/c32-21-18-27-28(33-19-21)35(24-13-15-41-16-14-24)31(39)36(30(27)38)23-11-9-22(10-12-23)34-29(37)20-5-4-8-26(17-20)42(40)25-6-2-1-3-7-25/h1-8,17-19,22-24H,9-16H2,(H,34,37). The van der Waals surface area contributed by atoms with E-state index in [1.807, 2.05) is 30.0 Å². The number of hydrogen-bond donors (Lipinski definition) is 1. The first-order valence-electron chi connectivity index (χ1n) is 14.2. The molecule has 0 spiro atoms. The molecule has 1 saturated carbocycles. The fourth-order valence-electron chi connectivity index (χ4n) is 5.98. The first-order chi connectivity index (χ1) is 20.4. The molecule has 1 atom stereocenters. The third-order valence-electron chi connectivity index (χ3n) is 8.14. The molecule has 1 saturated heterocycles. The molecular weight excluding hydrogens is 575 g/mol. The number of thioether (sulfide) groups is 1. The molecule has 1 aliphatic carbocycles. The molecule has 2 fully saturated rings. The normalized spacial score (nSPS) is 20.3. The number of aromatic nitrogens is 3. The van der Waals surface area contributed by atoms with Crippen LogP contribution in [0.15, 0.2) is 86.2 Å². The van der Waals surface area contributed by atoms with Crippen LogP contribution in [0, 0.1) is 5.82 Å². The minimum absolute atomic E-state index is 0.0892. The number of pyridine rings is 1. The first kappa shape index (κ1) is 28.7. The molecule has 1 aliphatic heterocycles. The minimum Gasteiger partial charge on any atom is -0.606 e. The Hall–Kier alpha value is -3.41. The summed E-state index contributed by atoms with van der Waals surface area (Å²) in [6, 6.07) is 16.5. The zero-order valence-corrected chi connectivity index (χ0v) is 24.5. The molecule has 3 heterocycles. The van der Waals surface area contributed by atoms with E-state index in [4.69, 9.17) is 0 Å². The Balaban J connectivity index is 1.19. The largest absolute Gasteiger partial charge is 0.606 e. The van der Waals surface area contributed by atoms with Gasteiger partial charge >= 0.3 is 5.69 Å². The summed E-state index contributed by atoms with van der Waals surface area (Å²) in [5.41, 5.74) is -0.234. The molecule has 8 nitrogen and oxygen atoms in total. The highest BCUT2D eigenvalue weighted by Gasteiger charge is 2.30. The molecule has 11 heteroatoms. The molecule has 42 heavy (non-hydrogen) atoms. The average molecular weight is 607 g/mol. The van der Waals surface area contributed by atoms with Gasteiger partial charge in [-0.1, -0.05) is 24.3 Å². The van der Waals surface area contributed by atoms with Crippen LogP contribution in [-0.2, 0) is 11.2 Å². The summed E-state index contributed by atoms with van der Waals surface area (Å²) in [6.45, 7) is 0. The number of nitrogens with zero attached hydrogens (tertiary/aromatic N) is 3. The van der Waals surface area contributed by atoms with Crippen molar-refractivity contribution in [2.45, 2.75) is 66.4 Å². The maximum atomic E-state index is 14.2. The summed E-state index contributed by atoms with van der Waals surface area (Å²) in [7, 11) is 0. The van der Waals surface area contributed by atoms with Gasteiger partial charge in [0.05, 0.1) is 11.6 Å². The Morgan fingerprint density at radius 1 is 0.905 bits per heavy atom. The molecule has 218 valence electrons. The van der Waals surface area contributed by atoms with Gasteiger partial charge in [0.2, 0.25) is 0 Å². The van der Waals surface area contributed by atoms with E-state index in [9.17, 15) is 23.3 Å². The van der Waals surface area contributed by atoms with Gasteiger partial charge in [-0.25, -0.2) is 14.2 Å². The summed E-state index contributed by atoms with van der Waals surface area (Å²) in [6.07, 6.45) is 4.84. The van der Waals surface area contributed by atoms with Crippen LogP contribution in [0.2, 0.25) is 0 Å². The molecule has 0 bridgehead atoms.